The van der Waals surface area contributed by atoms with E-state index < -0.39 is 17.5 Å². The second-order valence-electron chi connectivity index (χ2n) is 6.88. The smallest absolute Gasteiger partial charge is 0.257 e. The summed E-state index contributed by atoms with van der Waals surface area (Å²) in [5.41, 5.74) is 4.05. The first-order chi connectivity index (χ1) is 13.0. The number of nitrogens with zero attached hydrogens (tertiary/aromatic N) is 1. The minimum atomic E-state index is -0.706. The zero-order valence-corrected chi connectivity index (χ0v) is 15.0. The van der Waals surface area contributed by atoms with Gasteiger partial charge >= 0.3 is 0 Å². The fraction of sp³-hybridized carbons (Fsp3) is 0.174. The number of rotatable bonds is 2. The van der Waals surface area contributed by atoms with Crippen molar-refractivity contribution in [1.82, 2.24) is 4.90 Å². The van der Waals surface area contributed by atoms with Crippen LogP contribution in [0.15, 0.2) is 66.7 Å². The Kier molecular flexibility index (Phi) is 4.48. The average Bonchev–Trinajstić information content (AvgIpc) is 2.69. The molecule has 0 unspecified atom stereocenters. The Morgan fingerprint density at radius 1 is 1.00 bits per heavy atom. The molecule has 0 spiro atoms. The minimum absolute atomic E-state index is 0.230. The normalized spacial score (nSPS) is 16.1. The van der Waals surface area contributed by atoms with Crippen molar-refractivity contribution in [1.29, 1.82) is 0 Å². The Hall–Kier alpha value is -3.01. The summed E-state index contributed by atoms with van der Waals surface area (Å²) in [6.07, 6.45) is 0.682. The van der Waals surface area contributed by atoms with E-state index in [2.05, 4.69) is 6.07 Å². The van der Waals surface area contributed by atoms with Crippen LogP contribution in [0.5, 0.6) is 0 Å². The quantitative estimate of drug-likeness (QED) is 0.623. The Morgan fingerprint density at radius 2 is 1.74 bits per heavy atom. The molecule has 0 aliphatic carbocycles. The van der Waals surface area contributed by atoms with E-state index in [0.29, 0.717) is 13.0 Å². The second kappa shape index (κ2) is 6.95. The number of benzene rings is 3. The summed E-state index contributed by atoms with van der Waals surface area (Å²) in [5, 5.41) is 0. The van der Waals surface area contributed by atoms with Gasteiger partial charge in [-0.3, -0.25) is 4.79 Å². The van der Waals surface area contributed by atoms with Gasteiger partial charge in [0.05, 0.1) is 11.6 Å². The van der Waals surface area contributed by atoms with Crippen molar-refractivity contribution in [2.24, 2.45) is 0 Å². The third-order valence-corrected chi connectivity index (χ3v) is 5.10. The van der Waals surface area contributed by atoms with Gasteiger partial charge in [0, 0.05) is 6.54 Å². The van der Waals surface area contributed by atoms with Gasteiger partial charge in [0.1, 0.15) is 11.6 Å². The molecule has 27 heavy (non-hydrogen) atoms. The van der Waals surface area contributed by atoms with Crippen molar-refractivity contribution in [3.05, 3.63) is 106 Å². The van der Waals surface area contributed by atoms with E-state index in [1.165, 1.54) is 5.56 Å². The molecule has 0 saturated carbocycles. The highest BCUT2D eigenvalue weighted by molar-refractivity contribution is 5.95. The summed E-state index contributed by atoms with van der Waals surface area (Å²) < 4.78 is 27.9. The number of fused-ring (bicyclic) bond motifs is 1. The van der Waals surface area contributed by atoms with Gasteiger partial charge in [0.2, 0.25) is 0 Å². The number of carbonyl (C=O) groups excluding carboxylic acids is 1. The van der Waals surface area contributed by atoms with Crippen LogP contribution in [0.25, 0.3) is 0 Å². The van der Waals surface area contributed by atoms with Crippen molar-refractivity contribution >= 4 is 5.91 Å². The van der Waals surface area contributed by atoms with Gasteiger partial charge in [0.15, 0.2) is 0 Å². The molecule has 1 amide bonds. The molecule has 0 saturated heterocycles. The van der Waals surface area contributed by atoms with Gasteiger partial charge in [0.25, 0.3) is 5.91 Å². The number of amides is 1. The highest BCUT2D eigenvalue weighted by atomic mass is 19.1. The van der Waals surface area contributed by atoms with Crippen LogP contribution in [0, 0.1) is 18.6 Å². The topological polar surface area (TPSA) is 20.3 Å². The van der Waals surface area contributed by atoms with Crippen molar-refractivity contribution < 1.29 is 13.6 Å². The van der Waals surface area contributed by atoms with Crippen molar-refractivity contribution in [3.8, 4) is 0 Å². The molecule has 0 N–H and O–H groups in total. The van der Waals surface area contributed by atoms with Gasteiger partial charge < -0.3 is 4.90 Å². The van der Waals surface area contributed by atoms with Crippen LogP contribution in [0.3, 0.4) is 0 Å². The lowest BCUT2D eigenvalue weighted by atomic mass is 9.87. The van der Waals surface area contributed by atoms with Crippen molar-refractivity contribution in [2.75, 3.05) is 6.54 Å². The molecule has 1 heterocycles. The van der Waals surface area contributed by atoms with E-state index in [1.807, 2.05) is 49.4 Å². The Labute approximate surface area is 157 Å². The average molecular weight is 363 g/mol. The lowest BCUT2D eigenvalue weighted by Gasteiger charge is -2.38. The molecule has 0 radical (unpaired) electrons. The maximum Gasteiger partial charge on any atom is 0.257 e. The number of hydrogen-bond acceptors (Lipinski definition) is 1. The summed E-state index contributed by atoms with van der Waals surface area (Å²) >= 11 is 0. The van der Waals surface area contributed by atoms with E-state index in [-0.39, 0.29) is 11.6 Å². The molecule has 4 rings (SSSR count). The van der Waals surface area contributed by atoms with Gasteiger partial charge in [-0.15, -0.1) is 0 Å². The SMILES string of the molecule is Cc1ccc([C@@H]2c3ccccc3CCN2C(=O)c2cc(F)ccc2F)cc1. The largest absolute Gasteiger partial charge is 0.327 e. The number of carbonyl (C=O) groups is 1. The van der Waals surface area contributed by atoms with Crippen LogP contribution in [-0.2, 0) is 6.42 Å². The first kappa shape index (κ1) is 17.4. The summed E-state index contributed by atoms with van der Waals surface area (Å²) in [5.74, 6) is -1.82. The molecule has 136 valence electrons. The molecular formula is C23H19F2NO. The summed E-state index contributed by atoms with van der Waals surface area (Å²) in [7, 11) is 0. The molecule has 0 bridgehead atoms. The summed E-state index contributed by atoms with van der Waals surface area (Å²) in [6, 6.07) is 18.6. The monoisotopic (exact) mass is 363 g/mol. The molecule has 3 aromatic carbocycles. The molecule has 3 aromatic rings. The second-order valence-corrected chi connectivity index (χ2v) is 6.88. The van der Waals surface area contributed by atoms with Crippen molar-refractivity contribution in [2.45, 2.75) is 19.4 Å². The fourth-order valence-corrected chi connectivity index (χ4v) is 3.71. The van der Waals surface area contributed by atoms with E-state index in [0.717, 1.165) is 34.9 Å². The standard InChI is InChI=1S/C23H19F2NO/c1-15-6-8-17(9-7-15)22-19-5-3-2-4-16(19)12-13-26(22)23(27)20-14-18(24)10-11-21(20)25/h2-11,14,22H,12-13H2,1H3/t22-/m1/s1. The van der Waals surface area contributed by atoms with Crippen molar-refractivity contribution in [3.63, 3.8) is 0 Å². The lowest BCUT2D eigenvalue weighted by molar-refractivity contribution is 0.0689. The van der Waals surface area contributed by atoms with Crippen LogP contribution in [-0.4, -0.2) is 17.4 Å². The Morgan fingerprint density at radius 3 is 2.52 bits per heavy atom. The molecule has 4 heteroatoms. The molecule has 2 nitrogen and oxygen atoms in total. The van der Waals surface area contributed by atoms with Crippen LogP contribution in [0.4, 0.5) is 8.78 Å². The number of aryl methyl sites for hydroxylation is 1. The molecule has 1 aliphatic rings. The summed E-state index contributed by atoms with van der Waals surface area (Å²) in [6.45, 7) is 2.45. The molecular weight excluding hydrogens is 344 g/mol. The zero-order chi connectivity index (χ0) is 19.0. The summed E-state index contributed by atoms with van der Waals surface area (Å²) in [4.78, 5) is 14.8. The van der Waals surface area contributed by atoms with Gasteiger partial charge in [-0.05, 0) is 48.2 Å². The minimum Gasteiger partial charge on any atom is -0.327 e. The predicted octanol–water partition coefficient (Wildman–Crippen LogP) is 5.06. The van der Waals surface area contributed by atoms with Gasteiger partial charge in [-0.1, -0.05) is 54.1 Å². The maximum absolute atomic E-state index is 14.2. The van der Waals surface area contributed by atoms with Gasteiger partial charge in [-0.2, -0.15) is 0 Å². The molecule has 0 aromatic heterocycles. The van der Waals surface area contributed by atoms with E-state index >= 15 is 0 Å². The molecule has 1 atom stereocenters. The molecule has 0 fully saturated rings. The van der Waals surface area contributed by atoms with Crippen LogP contribution in [0.1, 0.15) is 38.7 Å². The third-order valence-electron chi connectivity index (χ3n) is 5.10. The number of hydrogen-bond donors (Lipinski definition) is 0. The van der Waals surface area contributed by atoms with E-state index in [4.69, 9.17) is 0 Å². The highest BCUT2D eigenvalue weighted by Gasteiger charge is 2.33. The predicted molar refractivity (Wildman–Crippen MR) is 101 cm³/mol. The fourth-order valence-electron chi connectivity index (χ4n) is 3.71. The number of halogens is 2. The Bertz CT molecular complexity index is 998. The van der Waals surface area contributed by atoms with Gasteiger partial charge in [-0.25, -0.2) is 8.78 Å². The Balaban J connectivity index is 1.82. The van der Waals surface area contributed by atoms with E-state index in [9.17, 15) is 13.6 Å². The highest BCUT2D eigenvalue weighted by Crippen LogP contribution is 2.36. The maximum atomic E-state index is 14.2. The zero-order valence-electron chi connectivity index (χ0n) is 15.0. The first-order valence-corrected chi connectivity index (χ1v) is 8.95. The third kappa shape index (κ3) is 3.23. The van der Waals surface area contributed by atoms with Crippen LogP contribution < -0.4 is 0 Å². The van der Waals surface area contributed by atoms with Crippen LogP contribution >= 0.6 is 0 Å². The lowest BCUT2D eigenvalue weighted by Crippen LogP contribution is -2.41. The molecule has 1 aliphatic heterocycles. The van der Waals surface area contributed by atoms with Crippen LogP contribution in [0.2, 0.25) is 0 Å². The van der Waals surface area contributed by atoms with E-state index in [1.54, 1.807) is 4.90 Å². The first-order valence-electron chi connectivity index (χ1n) is 8.95.